The first-order valence-electron chi connectivity index (χ1n) is 3.95. The van der Waals surface area contributed by atoms with E-state index in [0.717, 1.165) is 0 Å². The minimum absolute atomic E-state index is 0.264. The first-order valence-corrected chi connectivity index (χ1v) is 3.95. The highest BCUT2D eigenvalue weighted by atomic mass is 19.4. The predicted octanol–water partition coefficient (Wildman–Crippen LogP) is 2.26. The predicted molar refractivity (Wildman–Crippen MR) is 45.8 cm³/mol. The summed E-state index contributed by atoms with van der Waals surface area (Å²) >= 11 is 0. The van der Waals surface area contributed by atoms with Crippen LogP contribution in [0, 0.1) is 6.92 Å². The molecule has 14 heavy (non-hydrogen) atoms. The zero-order chi connectivity index (χ0) is 10.9. The Morgan fingerprint density at radius 2 is 1.93 bits per heavy atom. The molecule has 0 aliphatic carbocycles. The Labute approximate surface area is 79.2 Å². The molecule has 3 N–H and O–H groups in total. The molecule has 0 fully saturated rings. The Morgan fingerprint density at radius 3 is 2.36 bits per heavy atom. The molecule has 0 bridgehead atoms. The summed E-state index contributed by atoms with van der Waals surface area (Å²) in [5, 5.41) is 9.25. The second-order valence-electron chi connectivity index (χ2n) is 3.03. The van der Waals surface area contributed by atoms with E-state index in [-0.39, 0.29) is 5.56 Å². The summed E-state index contributed by atoms with van der Waals surface area (Å²) in [4.78, 5) is 0. The number of benzene rings is 1. The van der Waals surface area contributed by atoms with Crippen molar-refractivity contribution in [1.82, 2.24) is 0 Å². The van der Waals surface area contributed by atoms with Crippen molar-refractivity contribution < 1.29 is 18.3 Å². The van der Waals surface area contributed by atoms with Crippen molar-refractivity contribution in [3.8, 4) is 5.75 Å². The maximum absolute atomic E-state index is 12.3. The maximum atomic E-state index is 12.3. The molecule has 0 saturated heterocycles. The summed E-state index contributed by atoms with van der Waals surface area (Å²) in [7, 11) is 0. The van der Waals surface area contributed by atoms with Crippen molar-refractivity contribution in [2.75, 3.05) is 0 Å². The van der Waals surface area contributed by atoms with E-state index in [1.807, 2.05) is 0 Å². The molecule has 1 atom stereocenters. The van der Waals surface area contributed by atoms with E-state index in [9.17, 15) is 18.3 Å². The van der Waals surface area contributed by atoms with Crippen LogP contribution in [0.1, 0.15) is 17.2 Å². The van der Waals surface area contributed by atoms with E-state index >= 15 is 0 Å². The van der Waals surface area contributed by atoms with E-state index in [4.69, 9.17) is 5.73 Å². The van der Waals surface area contributed by atoms with Crippen LogP contribution in [-0.2, 0) is 0 Å². The zero-order valence-electron chi connectivity index (χ0n) is 7.47. The second-order valence-corrected chi connectivity index (χ2v) is 3.03. The lowest BCUT2D eigenvalue weighted by Gasteiger charge is -2.18. The minimum atomic E-state index is -4.54. The molecule has 0 saturated carbocycles. The molecule has 2 nitrogen and oxygen atoms in total. The molecule has 5 heteroatoms. The highest BCUT2D eigenvalue weighted by Crippen LogP contribution is 2.36. The lowest BCUT2D eigenvalue weighted by molar-refractivity contribution is -0.149. The van der Waals surface area contributed by atoms with E-state index < -0.39 is 18.0 Å². The monoisotopic (exact) mass is 205 g/mol. The molecule has 0 aromatic heterocycles. The Bertz CT molecular complexity index is 315. The number of alkyl halides is 3. The molecule has 0 amide bonds. The van der Waals surface area contributed by atoms with Gasteiger partial charge in [-0.3, -0.25) is 0 Å². The summed E-state index contributed by atoms with van der Waals surface area (Å²) in [6.07, 6.45) is -4.54. The average molecular weight is 205 g/mol. The number of hydrogen-bond acceptors (Lipinski definition) is 2. The van der Waals surface area contributed by atoms with Gasteiger partial charge < -0.3 is 10.8 Å². The molecule has 1 rings (SSSR count). The number of hydrogen-bond donors (Lipinski definition) is 2. The smallest absolute Gasteiger partial charge is 0.407 e. The van der Waals surface area contributed by atoms with Gasteiger partial charge >= 0.3 is 6.18 Å². The van der Waals surface area contributed by atoms with Crippen LogP contribution in [0.25, 0.3) is 0 Å². The first kappa shape index (κ1) is 10.8. The normalized spacial score (nSPS) is 14.1. The van der Waals surface area contributed by atoms with Crippen LogP contribution in [0.4, 0.5) is 13.2 Å². The SMILES string of the molecule is Cc1cccc(O)c1[C@@H](N)C(F)(F)F. The number of phenolic OH excluding ortho intramolecular Hbond substituents is 1. The molecule has 1 aromatic carbocycles. The Kier molecular flexibility index (Phi) is 2.71. The van der Waals surface area contributed by atoms with Crippen LogP contribution in [0.15, 0.2) is 18.2 Å². The van der Waals surface area contributed by atoms with Crippen LogP contribution in [-0.4, -0.2) is 11.3 Å². The van der Waals surface area contributed by atoms with Crippen LogP contribution < -0.4 is 5.73 Å². The van der Waals surface area contributed by atoms with Crippen molar-refractivity contribution >= 4 is 0 Å². The fourth-order valence-electron chi connectivity index (χ4n) is 1.23. The zero-order valence-corrected chi connectivity index (χ0v) is 7.47. The van der Waals surface area contributed by atoms with Crippen molar-refractivity contribution in [3.05, 3.63) is 29.3 Å². The fraction of sp³-hybridized carbons (Fsp3) is 0.333. The summed E-state index contributed by atoms with van der Waals surface area (Å²) in [5.74, 6) is -0.421. The van der Waals surface area contributed by atoms with Crippen LogP contribution in [0.3, 0.4) is 0 Å². The lowest BCUT2D eigenvalue weighted by Crippen LogP contribution is -2.29. The van der Waals surface area contributed by atoms with E-state index in [1.165, 1.54) is 25.1 Å². The molecule has 0 radical (unpaired) electrons. The molecule has 0 spiro atoms. The lowest BCUT2D eigenvalue weighted by atomic mass is 10.0. The van der Waals surface area contributed by atoms with Gasteiger partial charge in [-0.25, -0.2) is 0 Å². The van der Waals surface area contributed by atoms with Gasteiger partial charge in [0.15, 0.2) is 0 Å². The van der Waals surface area contributed by atoms with Crippen molar-refractivity contribution in [1.29, 1.82) is 0 Å². The Balaban J connectivity index is 3.19. The van der Waals surface area contributed by atoms with Gasteiger partial charge in [-0.1, -0.05) is 12.1 Å². The number of rotatable bonds is 1. The van der Waals surface area contributed by atoms with Crippen LogP contribution in [0.2, 0.25) is 0 Å². The first-order chi connectivity index (χ1) is 6.34. The molecule has 78 valence electrons. The van der Waals surface area contributed by atoms with Gasteiger partial charge in [0.2, 0.25) is 0 Å². The number of nitrogens with two attached hydrogens (primary N) is 1. The maximum Gasteiger partial charge on any atom is 0.407 e. The van der Waals surface area contributed by atoms with E-state index in [1.54, 1.807) is 0 Å². The summed E-state index contributed by atoms with van der Waals surface area (Å²) in [6, 6.07) is 2.00. The quantitative estimate of drug-likeness (QED) is 0.738. The van der Waals surface area contributed by atoms with Crippen LogP contribution in [0.5, 0.6) is 5.75 Å². The topological polar surface area (TPSA) is 46.2 Å². The summed E-state index contributed by atoms with van der Waals surface area (Å²) in [5.41, 5.74) is 5.05. The third-order valence-corrected chi connectivity index (χ3v) is 1.96. The third kappa shape index (κ3) is 1.98. The second kappa shape index (κ2) is 3.49. The minimum Gasteiger partial charge on any atom is -0.508 e. The largest absolute Gasteiger partial charge is 0.508 e. The van der Waals surface area contributed by atoms with Gasteiger partial charge in [0, 0.05) is 5.56 Å². The van der Waals surface area contributed by atoms with Gasteiger partial charge in [-0.2, -0.15) is 13.2 Å². The summed E-state index contributed by atoms with van der Waals surface area (Å²) in [6.45, 7) is 1.47. The van der Waals surface area contributed by atoms with Crippen molar-refractivity contribution in [2.45, 2.75) is 19.1 Å². The number of phenols is 1. The molecule has 0 aliphatic rings. The van der Waals surface area contributed by atoms with Gasteiger partial charge in [-0.05, 0) is 18.6 Å². The Hall–Kier alpha value is -1.23. The highest BCUT2D eigenvalue weighted by molar-refractivity contribution is 5.41. The molecule has 1 aromatic rings. The van der Waals surface area contributed by atoms with Gasteiger partial charge in [0.05, 0.1) is 0 Å². The van der Waals surface area contributed by atoms with Crippen LogP contribution >= 0.6 is 0 Å². The average Bonchev–Trinajstić information content (AvgIpc) is 2.01. The van der Waals surface area contributed by atoms with Gasteiger partial charge in [0.1, 0.15) is 11.8 Å². The Morgan fingerprint density at radius 1 is 1.36 bits per heavy atom. The van der Waals surface area contributed by atoms with E-state index in [0.29, 0.717) is 5.56 Å². The summed E-state index contributed by atoms with van der Waals surface area (Å²) < 4.78 is 36.8. The fourth-order valence-corrected chi connectivity index (χ4v) is 1.23. The number of aryl methyl sites for hydroxylation is 1. The number of halogens is 3. The third-order valence-electron chi connectivity index (χ3n) is 1.96. The molecular formula is C9H10F3NO. The van der Waals surface area contributed by atoms with Gasteiger partial charge in [0.25, 0.3) is 0 Å². The molecule has 0 heterocycles. The van der Waals surface area contributed by atoms with E-state index in [2.05, 4.69) is 0 Å². The molecular weight excluding hydrogens is 195 g/mol. The van der Waals surface area contributed by atoms with Crippen molar-refractivity contribution in [2.24, 2.45) is 5.73 Å². The van der Waals surface area contributed by atoms with Crippen molar-refractivity contribution in [3.63, 3.8) is 0 Å². The highest BCUT2D eigenvalue weighted by Gasteiger charge is 2.39. The standard InChI is InChI=1S/C9H10F3NO/c1-5-3-2-4-6(14)7(5)8(13)9(10,11)12/h2-4,8,14H,13H2,1H3/t8-/m1/s1. The molecule has 0 unspecified atom stereocenters. The molecule has 0 aliphatic heterocycles. The van der Waals surface area contributed by atoms with Gasteiger partial charge in [-0.15, -0.1) is 0 Å². The number of aromatic hydroxyl groups is 1.